The zero-order valence-electron chi connectivity index (χ0n) is 13.7. The van der Waals surface area contributed by atoms with E-state index in [1.165, 1.54) is 0 Å². The Morgan fingerprint density at radius 1 is 1.22 bits per heavy atom. The summed E-state index contributed by atoms with van der Waals surface area (Å²) in [5.41, 5.74) is 4.23. The standard InChI is InChI=1S/C18H19N3O2/c1-10(2)13-7-5-6-8-15(13)20-17(22)14-9-11(3)19-18-16(14)12(4)21-23-18/h5-10H,1-4H3,(H,20,22). The van der Waals surface area contributed by atoms with Gasteiger partial charge in [-0.1, -0.05) is 37.2 Å². The first-order valence-electron chi connectivity index (χ1n) is 7.61. The Labute approximate surface area is 134 Å². The highest BCUT2D eigenvalue weighted by molar-refractivity contribution is 6.12. The zero-order valence-corrected chi connectivity index (χ0v) is 13.7. The highest BCUT2D eigenvalue weighted by Crippen LogP contribution is 2.26. The minimum atomic E-state index is -0.181. The molecule has 2 aromatic heterocycles. The number of carbonyl (C=O) groups excluding carboxylic acids is 1. The van der Waals surface area contributed by atoms with Gasteiger partial charge in [0, 0.05) is 11.4 Å². The Kier molecular flexibility index (Phi) is 3.86. The molecule has 0 unspecified atom stereocenters. The fourth-order valence-electron chi connectivity index (χ4n) is 2.70. The molecular formula is C18H19N3O2. The summed E-state index contributed by atoms with van der Waals surface area (Å²) in [6, 6.07) is 9.60. The minimum Gasteiger partial charge on any atom is -0.336 e. The Hall–Kier alpha value is -2.69. The first kappa shape index (κ1) is 15.2. The molecule has 3 aromatic rings. The number of pyridine rings is 1. The molecule has 118 valence electrons. The fourth-order valence-corrected chi connectivity index (χ4v) is 2.70. The van der Waals surface area contributed by atoms with Gasteiger partial charge in [-0.3, -0.25) is 4.79 Å². The Bertz CT molecular complexity index is 881. The van der Waals surface area contributed by atoms with Crippen molar-refractivity contribution in [2.45, 2.75) is 33.6 Å². The van der Waals surface area contributed by atoms with Crippen molar-refractivity contribution in [1.82, 2.24) is 10.1 Å². The van der Waals surface area contributed by atoms with Crippen LogP contribution in [0.25, 0.3) is 11.1 Å². The summed E-state index contributed by atoms with van der Waals surface area (Å²) in [5, 5.41) is 7.59. The summed E-state index contributed by atoms with van der Waals surface area (Å²) in [4.78, 5) is 17.1. The first-order valence-corrected chi connectivity index (χ1v) is 7.61. The third-order valence-corrected chi connectivity index (χ3v) is 3.82. The maximum Gasteiger partial charge on any atom is 0.258 e. The lowest BCUT2D eigenvalue weighted by molar-refractivity contribution is 0.102. The van der Waals surface area contributed by atoms with E-state index in [9.17, 15) is 4.79 Å². The van der Waals surface area contributed by atoms with Gasteiger partial charge in [0.15, 0.2) is 0 Å². The van der Waals surface area contributed by atoms with Crippen molar-refractivity contribution >= 4 is 22.7 Å². The third-order valence-electron chi connectivity index (χ3n) is 3.82. The highest BCUT2D eigenvalue weighted by atomic mass is 16.5. The van der Waals surface area contributed by atoms with Crippen LogP contribution in [0.5, 0.6) is 0 Å². The lowest BCUT2D eigenvalue weighted by Crippen LogP contribution is -2.14. The predicted molar refractivity (Wildman–Crippen MR) is 89.8 cm³/mol. The number of benzene rings is 1. The van der Waals surface area contributed by atoms with Gasteiger partial charge in [-0.25, -0.2) is 4.98 Å². The van der Waals surface area contributed by atoms with E-state index in [0.717, 1.165) is 16.9 Å². The van der Waals surface area contributed by atoms with Gasteiger partial charge < -0.3 is 9.84 Å². The number of aryl methyl sites for hydroxylation is 2. The Morgan fingerprint density at radius 2 is 1.96 bits per heavy atom. The summed E-state index contributed by atoms with van der Waals surface area (Å²) >= 11 is 0. The van der Waals surface area contributed by atoms with Gasteiger partial charge in [-0.2, -0.15) is 0 Å². The number of nitrogens with zero attached hydrogens (tertiary/aromatic N) is 2. The molecule has 0 aliphatic rings. The molecule has 1 aromatic carbocycles. The van der Waals surface area contributed by atoms with Gasteiger partial charge in [0.25, 0.3) is 11.6 Å². The van der Waals surface area contributed by atoms with Crippen molar-refractivity contribution in [2.75, 3.05) is 5.32 Å². The number of para-hydroxylation sites is 1. The Morgan fingerprint density at radius 3 is 2.70 bits per heavy atom. The quantitative estimate of drug-likeness (QED) is 0.786. The Balaban J connectivity index is 2.04. The number of rotatable bonds is 3. The summed E-state index contributed by atoms with van der Waals surface area (Å²) in [7, 11) is 0. The van der Waals surface area contributed by atoms with Crippen LogP contribution in [-0.4, -0.2) is 16.0 Å². The monoisotopic (exact) mass is 309 g/mol. The molecule has 0 aliphatic heterocycles. The second-order valence-corrected chi connectivity index (χ2v) is 5.96. The lowest BCUT2D eigenvalue weighted by atomic mass is 10.0. The third kappa shape index (κ3) is 2.82. The molecule has 0 spiro atoms. The van der Waals surface area contributed by atoms with Gasteiger partial charge >= 0.3 is 0 Å². The molecule has 5 nitrogen and oxygen atoms in total. The number of anilines is 1. The lowest BCUT2D eigenvalue weighted by Gasteiger charge is -2.14. The second kappa shape index (κ2) is 5.83. The van der Waals surface area contributed by atoms with Crippen LogP contribution in [0.1, 0.15) is 47.1 Å². The smallest absolute Gasteiger partial charge is 0.258 e. The van der Waals surface area contributed by atoms with Crippen LogP contribution in [0.4, 0.5) is 5.69 Å². The van der Waals surface area contributed by atoms with Crippen molar-refractivity contribution in [2.24, 2.45) is 0 Å². The van der Waals surface area contributed by atoms with Crippen LogP contribution in [0.2, 0.25) is 0 Å². The molecule has 1 N–H and O–H groups in total. The van der Waals surface area contributed by atoms with Crippen LogP contribution in [0, 0.1) is 13.8 Å². The van der Waals surface area contributed by atoms with Crippen LogP contribution in [0.3, 0.4) is 0 Å². The fraction of sp³-hybridized carbons (Fsp3) is 0.278. The summed E-state index contributed by atoms with van der Waals surface area (Å²) in [6.07, 6.45) is 0. The van der Waals surface area contributed by atoms with Gasteiger partial charge in [0.2, 0.25) is 0 Å². The molecule has 3 rings (SSSR count). The van der Waals surface area contributed by atoms with E-state index in [1.807, 2.05) is 38.1 Å². The molecule has 5 heteroatoms. The molecule has 0 aliphatic carbocycles. The molecule has 0 atom stereocenters. The van der Waals surface area contributed by atoms with Crippen LogP contribution < -0.4 is 5.32 Å². The number of carbonyl (C=O) groups is 1. The van der Waals surface area contributed by atoms with E-state index in [1.54, 1.807) is 6.07 Å². The van der Waals surface area contributed by atoms with Gasteiger partial charge in [0.05, 0.1) is 16.6 Å². The molecule has 0 saturated carbocycles. The van der Waals surface area contributed by atoms with Crippen LogP contribution in [0.15, 0.2) is 34.9 Å². The van der Waals surface area contributed by atoms with Gasteiger partial charge in [0.1, 0.15) is 0 Å². The summed E-state index contributed by atoms with van der Waals surface area (Å²) in [6.45, 7) is 7.84. The average molecular weight is 309 g/mol. The molecule has 0 radical (unpaired) electrons. The first-order chi connectivity index (χ1) is 11.0. The molecule has 2 heterocycles. The van der Waals surface area contributed by atoms with E-state index < -0.39 is 0 Å². The molecular weight excluding hydrogens is 290 g/mol. The summed E-state index contributed by atoms with van der Waals surface area (Å²) in [5.74, 6) is 0.142. The minimum absolute atomic E-state index is 0.181. The topological polar surface area (TPSA) is 68.0 Å². The molecule has 1 amide bonds. The molecule has 0 saturated heterocycles. The molecule has 0 bridgehead atoms. The maximum atomic E-state index is 12.8. The predicted octanol–water partition coefficient (Wildman–Crippen LogP) is 4.22. The van der Waals surface area contributed by atoms with Crippen molar-refractivity contribution in [3.05, 3.63) is 52.8 Å². The largest absolute Gasteiger partial charge is 0.336 e. The van der Waals surface area contributed by atoms with Crippen molar-refractivity contribution in [3.8, 4) is 0 Å². The second-order valence-electron chi connectivity index (χ2n) is 5.96. The van der Waals surface area contributed by atoms with Crippen molar-refractivity contribution in [1.29, 1.82) is 0 Å². The number of hydrogen-bond donors (Lipinski definition) is 1. The average Bonchev–Trinajstić information content (AvgIpc) is 2.88. The van der Waals surface area contributed by atoms with Crippen LogP contribution >= 0.6 is 0 Å². The maximum absolute atomic E-state index is 12.8. The molecule has 0 fully saturated rings. The highest BCUT2D eigenvalue weighted by Gasteiger charge is 2.19. The van der Waals surface area contributed by atoms with E-state index >= 15 is 0 Å². The van der Waals surface area contributed by atoms with Gasteiger partial charge in [-0.05, 0) is 37.5 Å². The van der Waals surface area contributed by atoms with Crippen LogP contribution in [-0.2, 0) is 0 Å². The number of hydrogen-bond acceptors (Lipinski definition) is 4. The zero-order chi connectivity index (χ0) is 16.6. The number of nitrogens with one attached hydrogen (secondary N) is 1. The van der Waals surface area contributed by atoms with E-state index in [0.29, 0.717) is 28.3 Å². The summed E-state index contributed by atoms with van der Waals surface area (Å²) < 4.78 is 5.19. The number of fused-ring (bicyclic) bond motifs is 1. The van der Waals surface area contributed by atoms with Crippen molar-refractivity contribution in [3.63, 3.8) is 0 Å². The van der Waals surface area contributed by atoms with E-state index in [-0.39, 0.29) is 5.91 Å². The normalized spacial score (nSPS) is 11.2. The number of aromatic nitrogens is 2. The SMILES string of the molecule is Cc1cc(C(=O)Nc2ccccc2C(C)C)c2c(C)noc2n1. The van der Waals surface area contributed by atoms with E-state index in [2.05, 4.69) is 29.3 Å². The van der Waals surface area contributed by atoms with Crippen molar-refractivity contribution < 1.29 is 9.32 Å². The number of amides is 1. The molecule has 23 heavy (non-hydrogen) atoms. The van der Waals surface area contributed by atoms with Gasteiger partial charge in [-0.15, -0.1) is 0 Å². The van der Waals surface area contributed by atoms with E-state index in [4.69, 9.17) is 4.52 Å².